The molecule has 3 rings (SSSR count). The molecule has 0 aliphatic heterocycles. The summed E-state index contributed by atoms with van der Waals surface area (Å²) in [5.74, 6) is 0.181. The van der Waals surface area contributed by atoms with E-state index in [-0.39, 0.29) is 11.5 Å². The van der Waals surface area contributed by atoms with Gasteiger partial charge in [-0.15, -0.1) is 0 Å². The molecule has 0 bridgehead atoms. The second-order valence-electron chi connectivity index (χ2n) is 5.15. The van der Waals surface area contributed by atoms with Crippen molar-refractivity contribution in [2.45, 2.75) is 13.3 Å². The van der Waals surface area contributed by atoms with Gasteiger partial charge in [0.25, 0.3) is 6.43 Å². The number of pyridine rings is 1. The molecular weight excluding hydrogens is 337 g/mol. The van der Waals surface area contributed by atoms with Gasteiger partial charge in [-0.1, -0.05) is 6.92 Å². The number of hydrogen-bond acceptors (Lipinski definition) is 5. The van der Waals surface area contributed by atoms with E-state index in [0.717, 1.165) is 6.20 Å². The van der Waals surface area contributed by atoms with Crippen LogP contribution >= 0.6 is 7.37 Å². The highest BCUT2D eigenvalue weighted by Crippen LogP contribution is 2.44. The Labute approximate surface area is 137 Å². The van der Waals surface area contributed by atoms with E-state index in [1.54, 1.807) is 25.1 Å². The van der Waals surface area contributed by atoms with Crippen molar-refractivity contribution in [1.82, 2.24) is 9.97 Å². The molecule has 5 nitrogen and oxygen atoms in total. The lowest BCUT2D eigenvalue weighted by Gasteiger charge is -2.13. The van der Waals surface area contributed by atoms with Gasteiger partial charge in [-0.25, -0.2) is 13.8 Å². The van der Waals surface area contributed by atoms with E-state index in [4.69, 9.17) is 8.94 Å². The SMILES string of the molecule is CCP(=O)(OC)c1ccc2nc(-c3cncc(C(F)F)c3)oc2c1. The van der Waals surface area contributed by atoms with Crippen molar-refractivity contribution in [3.8, 4) is 11.5 Å². The predicted molar refractivity (Wildman–Crippen MR) is 87.0 cm³/mol. The van der Waals surface area contributed by atoms with E-state index in [9.17, 15) is 13.3 Å². The molecule has 1 aromatic carbocycles. The Morgan fingerprint density at radius 3 is 2.75 bits per heavy atom. The summed E-state index contributed by atoms with van der Waals surface area (Å²) in [4.78, 5) is 8.07. The summed E-state index contributed by atoms with van der Waals surface area (Å²) in [6, 6.07) is 6.25. The molecule has 2 heterocycles. The zero-order valence-electron chi connectivity index (χ0n) is 13.1. The van der Waals surface area contributed by atoms with Crippen LogP contribution in [0.5, 0.6) is 0 Å². The van der Waals surface area contributed by atoms with Gasteiger partial charge >= 0.3 is 0 Å². The number of benzene rings is 1. The van der Waals surface area contributed by atoms with Gasteiger partial charge in [-0.2, -0.15) is 0 Å². The number of halogens is 2. The maximum atomic E-state index is 12.8. The van der Waals surface area contributed by atoms with E-state index in [1.807, 2.05) is 0 Å². The van der Waals surface area contributed by atoms with Gasteiger partial charge in [0.1, 0.15) is 5.52 Å². The molecule has 0 spiro atoms. The van der Waals surface area contributed by atoms with Crippen LogP contribution in [0.25, 0.3) is 22.6 Å². The van der Waals surface area contributed by atoms with Gasteiger partial charge in [-0.3, -0.25) is 9.55 Å². The second-order valence-corrected chi connectivity index (χ2v) is 8.01. The Morgan fingerprint density at radius 2 is 2.08 bits per heavy atom. The summed E-state index contributed by atoms with van der Waals surface area (Å²) in [5.41, 5.74) is 1.10. The lowest BCUT2D eigenvalue weighted by molar-refractivity contribution is 0.151. The lowest BCUT2D eigenvalue weighted by Crippen LogP contribution is -2.07. The highest BCUT2D eigenvalue weighted by molar-refractivity contribution is 7.66. The topological polar surface area (TPSA) is 65.2 Å². The molecule has 1 unspecified atom stereocenters. The molecule has 24 heavy (non-hydrogen) atoms. The minimum absolute atomic E-state index is 0.181. The first-order valence-electron chi connectivity index (χ1n) is 7.26. The third-order valence-electron chi connectivity index (χ3n) is 3.73. The highest BCUT2D eigenvalue weighted by Gasteiger charge is 2.23. The van der Waals surface area contributed by atoms with Gasteiger partial charge in [0, 0.05) is 36.5 Å². The zero-order valence-corrected chi connectivity index (χ0v) is 14.0. The van der Waals surface area contributed by atoms with Crippen LogP contribution < -0.4 is 5.30 Å². The summed E-state index contributed by atoms with van der Waals surface area (Å²) in [6.45, 7) is 1.78. The molecule has 126 valence electrons. The standard InChI is InChI=1S/C16H15F2N2O3P/c1-3-24(21,22-2)12-4-5-13-14(7-12)23-16(20-13)11-6-10(15(17)18)8-19-9-11/h4-9,15H,3H2,1-2H3. The van der Waals surface area contributed by atoms with Crippen LogP contribution in [0.3, 0.4) is 0 Å². The van der Waals surface area contributed by atoms with E-state index >= 15 is 0 Å². The van der Waals surface area contributed by atoms with Crippen molar-refractivity contribution in [3.05, 3.63) is 42.2 Å². The Bertz CT molecular complexity index is 919. The van der Waals surface area contributed by atoms with Gasteiger partial charge < -0.3 is 8.94 Å². The van der Waals surface area contributed by atoms with Gasteiger partial charge in [0.2, 0.25) is 13.3 Å². The number of rotatable bonds is 5. The largest absolute Gasteiger partial charge is 0.436 e. The van der Waals surface area contributed by atoms with Crippen LogP contribution in [-0.2, 0) is 9.09 Å². The molecule has 3 aromatic rings. The molecule has 1 atom stereocenters. The van der Waals surface area contributed by atoms with Gasteiger partial charge in [-0.05, 0) is 24.3 Å². The third-order valence-corrected chi connectivity index (χ3v) is 6.22. The molecule has 2 aromatic heterocycles. The fraction of sp³-hybridized carbons (Fsp3) is 0.250. The molecule has 0 fully saturated rings. The van der Waals surface area contributed by atoms with E-state index in [0.29, 0.717) is 28.1 Å². The summed E-state index contributed by atoms with van der Waals surface area (Å²) >= 11 is 0. The summed E-state index contributed by atoms with van der Waals surface area (Å²) in [7, 11) is -1.52. The number of fused-ring (bicyclic) bond motifs is 1. The fourth-order valence-corrected chi connectivity index (χ4v) is 3.81. The molecular formula is C16H15F2N2O3P. The minimum Gasteiger partial charge on any atom is -0.436 e. The summed E-state index contributed by atoms with van der Waals surface area (Å²) in [5, 5.41) is 0.530. The lowest BCUT2D eigenvalue weighted by atomic mass is 10.2. The van der Waals surface area contributed by atoms with Crippen LogP contribution in [0.2, 0.25) is 0 Å². The molecule has 0 aliphatic rings. The van der Waals surface area contributed by atoms with Crippen molar-refractivity contribution in [3.63, 3.8) is 0 Å². The first kappa shape index (κ1) is 16.7. The van der Waals surface area contributed by atoms with Crippen molar-refractivity contribution in [1.29, 1.82) is 0 Å². The van der Waals surface area contributed by atoms with Crippen LogP contribution in [0.15, 0.2) is 41.1 Å². The highest BCUT2D eigenvalue weighted by atomic mass is 31.2. The smallest absolute Gasteiger partial charge is 0.265 e. The van der Waals surface area contributed by atoms with Crippen molar-refractivity contribution in [2.75, 3.05) is 13.3 Å². The first-order valence-corrected chi connectivity index (χ1v) is 9.07. The van der Waals surface area contributed by atoms with Crippen LogP contribution in [0.4, 0.5) is 8.78 Å². The van der Waals surface area contributed by atoms with E-state index in [1.165, 1.54) is 19.4 Å². The van der Waals surface area contributed by atoms with E-state index in [2.05, 4.69) is 9.97 Å². The van der Waals surface area contributed by atoms with Gasteiger partial charge in [0.15, 0.2) is 5.58 Å². The minimum atomic E-state index is -2.92. The predicted octanol–water partition coefficient (Wildman–Crippen LogP) is 4.40. The normalized spacial score (nSPS) is 14.2. The van der Waals surface area contributed by atoms with Crippen LogP contribution in [-0.4, -0.2) is 23.2 Å². The second kappa shape index (κ2) is 6.42. The summed E-state index contributed by atoms with van der Waals surface area (Å²) < 4.78 is 49.0. The van der Waals surface area contributed by atoms with Crippen molar-refractivity contribution < 1.29 is 22.3 Å². The molecule has 0 aliphatic carbocycles. The molecule has 0 radical (unpaired) electrons. The van der Waals surface area contributed by atoms with Crippen LogP contribution in [0.1, 0.15) is 18.9 Å². The fourth-order valence-electron chi connectivity index (χ4n) is 2.36. The average molecular weight is 352 g/mol. The zero-order chi connectivity index (χ0) is 17.3. The average Bonchev–Trinajstić information content (AvgIpc) is 3.04. The maximum absolute atomic E-state index is 12.8. The number of alkyl halides is 2. The van der Waals surface area contributed by atoms with Crippen LogP contribution in [0, 0.1) is 0 Å². The quantitative estimate of drug-likeness (QED) is 0.637. The molecule has 0 saturated heterocycles. The number of nitrogens with zero attached hydrogens (tertiary/aromatic N) is 2. The molecule has 0 amide bonds. The Morgan fingerprint density at radius 1 is 1.29 bits per heavy atom. The molecule has 0 N–H and O–H groups in total. The first-order chi connectivity index (χ1) is 11.5. The maximum Gasteiger partial charge on any atom is 0.265 e. The Kier molecular flexibility index (Phi) is 4.47. The van der Waals surface area contributed by atoms with Gasteiger partial charge in [0.05, 0.1) is 5.56 Å². The summed E-state index contributed by atoms with van der Waals surface area (Å²) in [6.07, 6.45) is 0.246. The van der Waals surface area contributed by atoms with Crippen molar-refractivity contribution >= 4 is 23.8 Å². The molecule has 0 saturated carbocycles. The molecule has 8 heteroatoms. The Hall–Kier alpha value is -2.11. The third kappa shape index (κ3) is 2.97. The number of oxazole rings is 1. The van der Waals surface area contributed by atoms with Crippen molar-refractivity contribution in [2.24, 2.45) is 0 Å². The number of hydrogen-bond donors (Lipinski definition) is 0. The number of aromatic nitrogens is 2. The Balaban J connectivity index is 2.06. The van der Waals surface area contributed by atoms with E-state index < -0.39 is 13.8 Å². The monoisotopic (exact) mass is 352 g/mol.